The van der Waals surface area contributed by atoms with E-state index in [4.69, 9.17) is 9.72 Å². The molecule has 0 bridgehead atoms. The van der Waals surface area contributed by atoms with E-state index in [2.05, 4.69) is 27.7 Å². The lowest BCUT2D eigenvalue weighted by molar-refractivity contribution is -0.143. The number of anilines is 1. The number of nitrogens with one attached hydrogen (secondary N) is 2. The van der Waals surface area contributed by atoms with Gasteiger partial charge in [-0.3, -0.25) is 4.79 Å². The summed E-state index contributed by atoms with van der Waals surface area (Å²) < 4.78 is 33.5. The van der Waals surface area contributed by atoms with Gasteiger partial charge in [-0.2, -0.15) is 4.31 Å². The van der Waals surface area contributed by atoms with Gasteiger partial charge in [-0.1, -0.05) is 24.3 Å². The predicted molar refractivity (Wildman–Crippen MR) is 162 cm³/mol. The maximum Gasteiger partial charge on any atom is 0.326 e. The van der Waals surface area contributed by atoms with Crippen LogP contribution in [0.15, 0.2) is 47.4 Å². The second kappa shape index (κ2) is 14.6. The van der Waals surface area contributed by atoms with Crippen LogP contribution in [0.1, 0.15) is 56.2 Å². The maximum absolute atomic E-state index is 13.1. The molecule has 5 rings (SSSR count). The van der Waals surface area contributed by atoms with Crippen LogP contribution in [0.4, 0.5) is 5.82 Å². The van der Waals surface area contributed by atoms with Crippen molar-refractivity contribution in [2.24, 2.45) is 0 Å². The smallest absolute Gasteiger partial charge is 0.326 e. The Hall–Kier alpha value is -3.06. The highest BCUT2D eigenvalue weighted by Crippen LogP contribution is 2.26. The zero-order valence-corrected chi connectivity index (χ0v) is 25.4. The lowest BCUT2D eigenvalue weighted by Gasteiger charge is -2.33. The molecular formula is C31H43N5O6S. The number of ether oxygens (including phenoxy) is 1. The molecule has 0 unspecified atom stereocenters. The minimum Gasteiger partial charge on any atom is -0.480 e. The maximum atomic E-state index is 13.1. The van der Waals surface area contributed by atoms with E-state index in [1.807, 2.05) is 0 Å². The molecule has 2 saturated heterocycles. The number of pyridine rings is 1. The van der Waals surface area contributed by atoms with Gasteiger partial charge in [-0.05, 0) is 88.2 Å². The number of hydrogen-bond acceptors (Lipinski definition) is 8. The average molecular weight is 614 g/mol. The number of sulfonamides is 1. The van der Waals surface area contributed by atoms with Gasteiger partial charge >= 0.3 is 5.97 Å². The number of aromatic nitrogens is 1. The predicted octanol–water partition coefficient (Wildman–Crippen LogP) is 2.67. The molecule has 2 fully saturated rings. The second-order valence-electron chi connectivity index (χ2n) is 11.7. The van der Waals surface area contributed by atoms with E-state index in [0.717, 1.165) is 76.2 Å². The highest BCUT2D eigenvalue weighted by Gasteiger charge is 2.40. The number of carbonyl (C=O) groups excluding carboxylic acids is 1. The SMILES string of the molecule is O=C(O)[C@H](CCO[C@@H]1CCCN(CCCc2ccc3c(n2)NCCC3)C1)NC(=O)[C@@H]1CCCN1S(=O)(=O)c1ccccc1. The number of likely N-dealkylation sites (tertiary alicyclic amines) is 1. The number of nitrogens with zero attached hydrogens (tertiary/aromatic N) is 3. The normalized spacial score (nSPS) is 22.0. The fourth-order valence-corrected chi connectivity index (χ4v) is 7.92. The van der Waals surface area contributed by atoms with Crippen molar-refractivity contribution >= 4 is 27.7 Å². The van der Waals surface area contributed by atoms with Gasteiger partial charge in [0.1, 0.15) is 17.9 Å². The van der Waals surface area contributed by atoms with E-state index in [0.29, 0.717) is 12.8 Å². The number of rotatable bonds is 13. The van der Waals surface area contributed by atoms with Crippen molar-refractivity contribution in [2.75, 3.05) is 44.6 Å². The van der Waals surface area contributed by atoms with E-state index >= 15 is 0 Å². The Bertz CT molecular complexity index is 1360. The van der Waals surface area contributed by atoms with Crippen molar-refractivity contribution in [2.45, 2.75) is 80.9 Å². The number of fused-ring (bicyclic) bond motifs is 1. The van der Waals surface area contributed by atoms with Crippen LogP contribution >= 0.6 is 0 Å². The topological polar surface area (TPSA) is 141 Å². The molecule has 3 atom stereocenters. The fraction of sp³-hybridized carbons (Fsp3) is 0.581. The van der Waals surface area contributed by atoms with Crippen molar-refractivity contribution < 1.29 is 27.9 Å². The molecule has 3 aliphatic heterocycles. The van der Waals surface area contributed by atoms with Crippen LogP contribution in [0.25, 0.3) is 0 Å². The van der Waals surface area contributed by atoms with Crippen LogP contribution < -0.4 is 10.6 Å². The van der Waals surface area contributed by atoms with Crippen molar-refractivity contribution in [3.63, 3.8) is 0 Å². The first kappa shape index (κ1) is 31.4. The van der Waals surface area contributed by atoms with Crippen LogP contribution in [0, 0.1) is 0 Å². The van der Waals surface area contributed by atoms with E-state index in [1.165, 1.54) is 22.0 Å². The number of piperidine rings is 1. The summed E-state index contributed by atoms with van der Waals surface area (Å²) in [5.41, 5.74) is 2.41. The monoisotopic (exact) mass is 613 g/mol. The van der Waals surface area contributed by atoms with Crippen LogP contribution in [0.2, 0.25) is 0 Å². The zero-order valence-electron chi connectivity index (χ0n) is 24.6. The third kappa shape index (κ3) is 8.11. The van der Waals surface area contributed by atoms with Gasteiger partial charge in [0.15, 0.2) is 0 Å². The molecule has 0 spiro atoms. The molecule has 3 aliphatic rings. The number of aliphatic carboxylic acids is 1. The van der Waals surface area contributed by atoms with Gasteiger partial charge in [-0.15, -0.1) is 0 Å². The summed E-state index contributed by atoms with van der Waals surface area (Å²) in [6.45, 7) is 4.14. The number of carboxylic acids is 1. The average Bonchev–Trinajstić information content (AvgIpc) is 3.53. The molecule has 0 aliphatic carbocycles. The Balaban J connectivity index is 1.06. The highest BCUT2D eigenvalue weighted by molar-refractivity contribution is 7.89. The van der Waals surface area contributed by atoms with Crippen LogP contribution in [0.5, 0.6) is 0 Å². The Morgan fingerprint density at radius 1 is 1.09 bits per heavy atom. The first-order chi connectivity index (χ1) is 20.8. The van der Waals surface area contributed by atoms with E-state index in [9.17, 15) is 23.1 Å². The number of hydrogen-bond donors (Lipinski definition) is 3. The zero-order chi connectivity index (χ0) is 30.2. The summed E-state index contributed by atoms with van der Waals surface area (Å²) in [7, 11) is -3.86. The summed E-state index contributed by atoms with van der Waals surface area (Å²) in [5, 5.41) is 15.8. The number of carboxylic acid groups (broad SMARTS) is 1. The lowest BCUT2D eigenvalue weighted by Crippen LogP contribution is -2.51. The molecule has 4 heterocycles. The Morgan fingerprint density at radius 2 is 1.91 bits per heavy atom. The summed E-state index contributed by atoms with van der Waals surface area (Å²) in [4.78, 5) is 32.4. The molecular weight excluding hydrogens is 570 g/mol. The molecule has 234 valence electrons. The highest BCUT2D eigenvalue weighted by atomic mass is 32.2. The number of aryl methyl sites for hydroxylation is 2. The molecule has 1 amide bonds. The van der Waals surface area contributed by atoms with E-state index in [1.54, 1.807) is 18.2 Å². The Morgan fingerprint density at radius 3 is 2.72 bits per heavy atom. The van der Waals surface area contributed by atoms with Gasteiger partial charge in [0.05, 0.1) is 11.0 Å². The van der Waals surface area contributed by atoms with Crippen LogP contribution in [-0.4, -0.2) is 97.1 Å². The number of benzene rings is 1. The Kier molecular flexibility index (Phi) is 10.7. The molecule has 0 saturated carbocycles. The van der Waals surface area contributed by atoms with E-state index < -0.39 is 34.0 Å². The van der Waals surface area contributed by atoms with Gasteiger partial charge in [-0.25, -0.2) is 18.2 Å². The molecule has 11 nitrogen and oxygen atoms in total. The minimum absolute atomic E-state index is 0.00584. The van der Waals surface area contributed by atoms with Gasteiger partial charge in [0.25, 0.3) is 0 Å². The quantitative estimate of drug-likeness (QED) is 0.311. The second-order valence-corrected chi connectivity index (χ2v) is 13.5. The van der Waals surface area contributed by atoms with Crippen LogP contribution in [-0.2, 0) is 37.2 Å². The summed E-state index contributed by atoms with van der Waals surface area (Å²) in [5.74, 6) is -0.718. The molecule has 43 heavy (non-hydrogen) atoms. The van der Waals surface area contributed by atoms with Gasteiger partial charge < -0.3 is 25.4 Å². The number of amides is 1. The first-order valence-corrected chi connectivity index (χ1v) is 16.9. The summed E-state index contributed by atoms with van der Waals surface area (Å²) in [6, 6.07) is 10.2. The van der Waals surface area contributed by atoms with E-state index in [-0.39, 0.29) is 30.6 Å². The van der Waals surface area contributed by atoms with Gasteiger partial charge in [0.2, 0.25) is 15.9 Å². The summed E-state index contributed by atoms with van der Waals surface area (Å²) in [6.07, 6.45) is 7.07. The third-order valence-corrected chi connectivity index (χ3v) is 10.5. The Labute approximate surface area is 254 Å². The van der Waals surface area contributed by atoms with Crippen molar-refractivity contribution in [3.05, 3.63) is 53.7 Å². The molecule has 2 aromatic rings. The standard InChI is InChI=1S/C31H43N5O6S/c37-30(28-13-7-20-36(28)43(40,41)26-11-2-1-3-12-26)34-27(31(38)39)16-21-42-25-10-6-19-35(22-25)18-5-9-24-15-14-23-8-4-17-32-29(23)33-24/h1-3,11-12,14-15,25,27-28H,4-10,13,16-22H2,(H,32,33)(H,34,37)(H,38,39)/t25-,27+,28+/m1/s1. The third-order valence-electron chi connectivity index (χ3n) is 8.55. The van der Waals surface area contributed by atoms with Crippen LogP contribution in [0.3, 0.4) is 0 Å². The largest absolute Gasteiger partial charge is 0.480 e. The molecule has 12 heteroatoms. The molecule has 3 N–H and O–H groups in total. The molecule has 1 aromatic carbocycles. The van der Waals surface area contributed by atoms with Crippen molar-refractivity contribution in [3.8, 4) is 0 Å². The van der Waals surface area contributed by atoms with Crippen molar-refractivity contribution in [1.82, 2.24) is 19.5 Å². The van der Waals surface area contributed by atoms with Crippen molar-refractivity contribution in [1.29, 1.82) is 0 Å². The number of carbonyl (C=O) groups is 2. The molecule has 1 aromatic heterocycles. The summed E-state index contributed by atoms with van der Waals surface area (Å²) >= 11 is 0. The lowest BCUT2D eigenvalue weighted by atomic mass is 10.1. The first-order valence-electron chi connectivity index (χ1n) is 15.5. The fourth-order valence-electron chi connectivity index (χ4n) is 6.24. The minimum atomic E-state index is -3.86. The molecule has 0 radical (unpaired) electrons. The van der Waals surface area contributed by atoms with Gasteiger partial charge in [0, 0.05) is 38.4 Å².